The van der Waals surface area contributed by atoms with E-state index in [4.69, 9.17) is 4.74 Å². The second kappa shape index (κ2) is 6.40. The highest BCUT2D eigenvalue weighted by Crippen LogP contribution is 2.12. The largest absolute Gasteiger partial charge is 0.491 e. The number of aliphatic hydroxyl groups excluding tert-OH is 1. The fourth-order valence-corrected chi connectivity index (χ4v) is 1.25. The van der Waals surface area contributed by atoms with E-state index in [1.807, 2.05) is 0 Å². The monoisotopic (exact) mass is 212 g/mol. The van der Waals surface area contributed by atoms with Crippen molar-refractivity contribution in [1.82, 2.24) is 0 Å². The van der Waals surface area contributed by atoms with Crippen molar-refractivity contribution >= 4 is 0 Å². The van der Waals surface area contributed by atoms with Gasteiger partial charge >= 0.3 is 0 Å². The first-order valence-corrected chi connectivity index (χ1v) is 5.28. The molecule has 1 N–H and O–H groups in total. The third kappa shape index (κ3) is 4.79. The maximum absolute atomic E-state index is 12.5. The number of benzene rings is 1. The van der Waals surface area contributed by atoms with Crippen LogP contribution in [-0.4, -0.2) is 17.8 Å². The van der Waals surface area contributed by atoms with Crippen LogP contribution in [0.25, 0.3) is 0 Å². The molecule has 1 atom stereocenters. The topological polar surface area (TPSA) is 29.5 Å². The molecule has 0 aromatic heterocycles. The van der Waals surface area contributed by atoms with E-state index >= 15 is 0 Å². The maximum atomic E-state index is 12.5. The van der Waals surface area contributed by atoms with Gasteiger partial charge in [0.2, 0.25) is 0 Å². The van der Waals surface area contributed by atoms with Gasteiger partial charge in [-0.05, 0) is 30.7 Å². The molecule has 0 fully saturated rings. The number of hydrogen-bond acceptors (Lipinski definition) is 2. The summed E-state index contributed by atoms with van der Waals surface area (Å²) in [6, 6.07) is 5.80. The highest BCUT2D eigenvalue weighted by molar-refractivity contribution is 5.21. The minimum atomic E-state index is -0.435. The maximum Gasteiger partial charge on any atom is 0.123 e. The van der Waals surface area contributed by atoms with Crippen LogP contribution in [0.2, 0.25) is 0 Å². The van der Waals surface area contributed by atoms with Gasteiger partial charge in [0, 0.05) is 0 Å². The molecule has 0 aliphatic carbocycles. The minimum Gasteiger partial charge on any atom is -0.491 e. The molecule has 2 nitrogen and oxygen atoms in total. The lowest BCUT2D eigenvalue weighted by molar-refractivity contribution is 0.0979. The van der Waals surface area contributed by atoms with Crippen LogP contribution in [0.3, 0.4) is 0 Å². The predicted molar refractivity (Wildman–Crippen MR) is 57.4 cm³/mol. The number of rotatable bonds is 6. The summed E-state index contributed by atoms with van der Waals surface area (Å²) in [6.45, 7) is 2.35. The van der Waals surface area contributed by atoms with Gasteiger partial charge in [0.25, 0.3) is 0 Å². The molecule has 84 valence electrons. The van der Waals surface area contributed by atoms with E-state index in [2.05, 4.69) is 6.92 Å². The molecule has 0 unspecified atom stereocenters. The molecule has 1 aromatic rings. The third-order valence-electron chi connectivity index (χ3n) is 2.15. The normalized spacial score (nSPS) is 12.5. The molecule has 0 aliphatic heterocycles. The molecular weight excluding hydrogens is 195 g/mol. The summed E-state index contributed by atoms with van der Waals surface area (Å²) in [7, 11) is 0. The Morgan fingerprint density at radius 2 is 2.00 bits per heavy atom. The lowest BCUT2D eigenvalue weighted by atomic mass is 10.2. The van der Waals surface area contributed by atoms with Crippen LogP contribution in [0.1, 0.15) is 26.2 Å². The van der Waals surface area contributed by atoms with Gasteiger partial charge in [-0.2, -0.15) is 0 Å². The van der Waals surface area contributed by atoms with E-state index < -0.39 is 6.10 Å². The van der Waals surface area contributed by atoms with Crippen LogP contribution in [0, 0.1) is 5.82 Å². The lowest BCUT2D eigenvalue weighted by Gasteiger charge is -2.11. The second-order valence-corrected chi connectivity index (χ2v) is 3.56. The average molecular weight is 212 g/mol. The second-order valence-electron chi connectivity index (χ2n) is 3.56. The molecule has 0 spiro atoms. The molecule has 0 aliphatic rings. The van der Waals surface area contributed by atoms with Gasteiger partial charge in [0.1, 0.15) is 18.2 Å². The first-order valence-electron chi connectivity index (χ1n) is 5.28. The van der Waals surface area contributed by atoms with E-state index in [-0.39, 0.29) is 12.4 Å². The van der Waals surface area contributed by atoms with E-state index in [0.29, 0.717) is 5.75 Å². The first kappa shape index (κ1) is 12.0. The summed E-state index contributed by atoms with van der Waals surface area (Å²) in [4.78, 5) is 0. The zero-order chi connectivity index (χ0) is 11.1. The Morgan fingerprint density at radius 1 is 1.33 bits per heavy atom. The van der Waals surface area contributed by atoms with Crippen molar-refractivity contribution in [3.63, 3.8) is 0 Å². The van der Waals surface area contributed by atoms with Crippen molar-refractivity contribution in [2.45, 2.75) is 32.3 Å². The quantitative estimate of drug-likeness (QED) is 0.785. The SMILES string of the molecule is CCCC[C@H](O)COc1ccc(F)cc1. The molecule has 0 bridgehead atoms. The Balaban J connectivity index is 2.27. The third-order valence-corrected chi connectivity index (χ3v) is 2.15. The van der Waals surface area contributed by atoms with E-state index in [0.717, 1.165) is 19.3 Å². The summed E-state index contributed by atoms with van der Waals surface area (Å²) in [6.07, 6.45) is 2.37. The molecule has 0 saturated heterocycles. The Morgan fingerprint density at radius 3 is 2.60 bits per heavy atom. The molecule has 0 saturated carbocycles. The molecule has 1 aromatic carbocycles. The van der Waals surface area contributed by atoms with Gasteiger partial charge in [-0.3, -0.25) is 0 Å². The minimum absolute atomic E-state index is 0.269. The van der Waals surface area contributed by atoms with Crippen molar-refractivity contribution in [3.8, 4) is 5.75 Å². The number of aliphatic hydroxyl groups is 1. The Labute approximate surface area is 89.7 Å². The summed E-state index contributed by atoms with van der Waals surface area (Å²) in [5.74, 6) is 0.306. The Bertz CT molecular complexity index is 271. The summed E-state index contributed by atoms with van der Waals surface area (Å²) >= 11 is 0. The van der Waals surface area contributed by atoms with Crippen LogP contribution < -0.4 is 4.74 Å². The van der Waals surface area contributed by atoms with E-state index in [9.17, 15) is 9.50 Å². The number of ether oxygens (including phenoxy) is 1. The van der Waals surface area contributed by atoms with Crippen molar-refractivity contribution < 1.29 is 14.2 Å². The molecule has 0 amide bonds. The van der Waals surface area contributed by atoms with Gasteiger partial charge in [-0.1, -0.05) is 19.8 Å². The van der Waals surface area contributed by atoms with Gasteiger partial charge in [-0.25, -0.2) is 4.39 Å². The van der Waals surface area contributed by atoms with Crippen LogP contribution in [0.15, 0.2) is 24.3 Å². The fraction of sp³-hybridized carbons (Fsp3) is 0.500. The zero-order valence-corrected chi connectivity index (χ0v) is 8.95. The van der Waals surface area contributed by atoms with Gasteiger partial charge in [0.15, 0.2) is 0 Å². The van der Waals surface area contributed by atoms with E-state index in [1.54, 1.807) is 12.1 Å². The smallest absolute Gasteiger partial charge is 0.123 e. The molecule has 1 rings (SSSR count). The molecule has 15 heavy (non-hydrogen) atoms. The standard InChI is InChI=1S/C12H17FO2/c1-2-3-4-11(14)9-15-12-7-5-10(13)6-8-12/h5-8,11,14H,2-4,9H2,1H3/t11-/m0/s1. The van der Waals surface area contributed by atoms with Crippen molar-refractivity contribution in [1.29, 1.82) is 0 Å². The van der Waals surface area contributed by atoms with Crippen LogP contribution in [0.4, 0.5) is 4.39 Å². The predicted octanol–water partition coefficient (Wildman–Crippen LogP) is 2.76. The van der Waals surface area contributed by atoms with Crippen LogP contribution >= 0.6 is 0 Å². The number of hydrogen-bond donors (Lipinski definition) is 1. The first-order chi connectivity index (χ1) is 7.22. The van der Waals surface area contributed by atoms with Crippen LogP contribution in [-0.2, 0) is 0 Å². The van der Waals surface area contributed by atoms with Gasteiger partial charge in [-0.15, -0.1) is 0 Å². The molecule has 0 heterocycles. The lowest BCUT2D eigenvalue weighted by Crippen LogP contribution is -2.17. The average Bonchev–Trinajstić information content (AvgIpc) is 2.25. The van der Waals surface area contributed by atoms with Crippen molar-refractivity contribution in [2.75, 3.05) is 6.61 Å². The fourth-order valence-electron chi connectivity index (χ4n) is 1.25. The molecular formula is C12H17FO2. The van der Waals surface area contributed by atoms with Crippen molar-refractivity contribution in [2.24, 2.45) is 0 Å². The summed E-state index contributed by atoms with van der Waals surface area (Å²) in [5.41, 5.74) is 0. The number of unbranched alkanes of at least 4 members (excludes halogenated alkanes) is 1. The van der Waals surface area contributed by atoms with E-state index in [1.165, 1.54) is 12.1 Å². The van der Waals surface area contributed by atoms with Gasteiger partial charge < -0.3 is 9.84 Å². The molecule has 3 heteroatoms. The van der Waals surface area contributed by atoms with Crippen LogP contribution in [0.5, 0.6) is 5.75 Å². The highest BCUT2D eigenvalue weighted by atomic mass is 19.1. The van der Waals surface area contributed by atoms with Gasteiger partial charge in [0.05, 0.1) is 6.10 Å². The molecule has 0 radical (unpaired) electrons. The highest BCUT2D eigenvalue weighted by Gasteiger charge is 2.04. The Kier molecular flexibility index (Phi) is 5.12. The Hall–Kier alpha value is -1.09. The number of halogens is 1. The van der Waals surface area contributed by atoms with Crippen molar-refractivity contribution in [3.05, 3.63) is 30.1 Å². The zero-order valence-electron chi connectivity index (χ0n) is 8.95. The summed E-state index contributed by atoms with van der Waals surface area (Å²) < 4.78 is 17.9. The summed E-state index contributed by atoms with van der Waals surface area (Å²) in [5, 5.41) is 9.50.